The van der Waals surface area contributed by atoms with Gasteiger partial charge in [0.1, 0.15) is 27.5 Å². The van der Waals surface area contributed by atoms with Gasteiger partial charge in [-0.25, -0.2) is 0 Å². The number of rotatable bonds is 3. The fraction of sp³-hybridized carbons (Fsp3) is 0.700. The van der Waals surface area contributed by atoms with E-state index in [-0.39, 0.29) is 76.9 Å². The highest BCUT2D eigenvalue weighted by Gasteiger charge is 2.54. The molecule has 14 nitrogen and oxygen atoms in total. The lowest BCUT2D eigenvalue weighted by atomic mass is 9.73. The highest BCUT2D eigenvalue weighted by atomic mass is 127. The minimum atomic E-state index is -1.23. The number of allylic oxidation sites excluding steroid dienone is 1. The van der Waals surface area contributed by atoms with Gasteiger partial charge in [-0.15, -0.1) is 0 Å². The predicted molar refractivity (Wildman–Crippen MR) is 309 cm³/mol. The molecule has 14 atom stereocenters. The fourth-order valence-corrected chi connectivity index (χ4v) is 10.4. The number of hydrogen-bond acceptors (Lipinski definition) is 14. The van der Waals surface area contributed by atoms with Gasteiger partial charge in [0, 0.05) is 46.9 Å². The molecule has 0 saturated carbocycles. The molecule has 0 bridgehead atoms. The minimum Gasteiger partial charge on any atom is -0.458 e. The molecule has 4 aliphatic heterocycles. The van der Waals surface area contributed by atoms with Crippen LogP contribution in [-0.2, 0) is 38.1 Å². The summed E-state index contributed by atoms with van der Waals surface area (Å²) in [5.41, 5.74) is 1.90. The van der Waals surface area contributed by atoms with E-state index in [9.17, 15) is 39.6 Å². The number of esters is 2. The molecule has 4 saturated heterocycles. The maximum absolute atomic E-state index is 13.2. The molecule has 427 valence electrons. The average molecular weight is 1180 g/mol. The summed E-state index contributed by atoms with van der Waals surface area (Å²) in [6.07, 6.45) is 7.92. The minimum absolute atomic E-state index is 0. The van der Waals surface area contributed by atoms with Crippen molar-refractivity contribution in [3.05, 3.63) is 74.4 Å². The van der Waals surface area contributed by atoms with Crippen molar-refractivity contribution in [2.45, 2.75) is 236 Å². The van der Waals surface area contributed by atoms with Crippen molar-refractivity contribution in [1.29, 1.82) is 0 Å². The number of aliphatic hydroxyl groups excluding tert-OH is 4. The Hall–Kier alpha value is -3.39. The zero-order valence-corrected chi connectivity index (χ0v) is 49.7. The Bertz CT molecular complexity index is 2260. The largest absolute Gasteiger partial charge is 0.458 e. The summed E-state index contributed by atoms with van der Waals surface area (Å²) < 4.78 is 24.7. The van der Waals surface area contributed by atoms with Crippen molar-refractivity contribution in [3.8, 4) is 0 Å². The first-order valence-corrected chi connectivity index (χ1v) is 27.8. The van der Waals surface area contributed by atoms with Crippen molar-refractivity contribution in [3.63, 3.8) is 0 Å². The normalized spacial score (nSPS) is 34.8. The number of epoxide rings is 2. The number of aryl methyl sites for hydroxylation is 2. The predicted octanol–water partition coefficient (Wildman–Crippen LogP) is 10.5. The van der Waals surface area contributed by atoms with E-state index in [2.05, 4.69) is 52.5 Å². The summed E-state index contributed by atoms with van der Waals surface area (Å²) in [5.74, 6) is -3.03. The van der Waals surface area contributed by atoms with Crippen LogP contribution >= 0.6 is 22.6 Å². The third kappa shape index (κ3) is 18.9. The highest BCUT2D eigenvalue weighted by molar-refractivity contribution is 14.1. The fourth-order valence-electron chi connectivity index (χ4n) is 10.1. The Balaban J connectivity index is 0.000000655. The maximum atomic E-state index is 13.2. The number of cyclic esters (lactones) is 2. The van der Waals surface area contributed by atoms with E-state index in [0.717, 1.165) is 64.6 Å². The van der Waals surface area contributed by atoms with Gasteiger partial charge in [-0.3, -0.25) is 29.1 Å². The van der Waals surface area contributed by atoms with Crippen molar-refractivity contribution in [2.24, 2.45) is 34.5 Å². The number of ketones is 2. The number of carbonyl (C=O) groups is 4. The van der Waals surface area contributed by atoms with Gasteiger partial charge in [0.05, 0.1) is 77.2 Å². The van der Waals surface area contributed by atoms with E-state index in [1.807, 2.05) is 85.0 Å². The standard InChI is InChI=1S/C29H43NO6.C24H40O6.C6H6IN.CH4.B.H2/c1-17-10-11-21(30-16-17)13-19(3)22-14-24-29(7,36-24)12-8-9-18(2)26(33)20(4)27(34)28(5,6)23(31)15-25(32)35-22;1-8-14(2)17-12-19-24(7,30-19)11-9-10-15(3)21(27)16(4)22(28)23(5,6)18(25)13-20(26)29-17;1-5-2-3-6(7)8-4-5;;;/h10-11,13,16,18,20,22-24,26,31,33H,8-9,12,14-15H2,1-7H3;8,15-19,21,25,27H,9-13H2,1-7H3;2-4H,1H3;1H4;;1H/b19-13+;14-8+;;;;/t18?,20?,22-,23?,24-,26-,29+;15?,16?,17-,18?,19-,21-,24+;;;;/m00..../s1/i;;;;;1+1. The Morgan fingerprint density at radius 2 is 1.05 bits per heavy atom. The van der Waals surface area contributed by atoms with Crippen LogP contribution in [0.2, 0.25) is 0 Å². The number of aliphatic hydroxyl groups is 4. The smallest absolute Gasteiger partial charge is 0.309 e. The number of ether oxygens (including phenoxy) is 4. The SMILES string of the molecule is C.C/C(=C\c1ccc(C)cn1)[C@@H]1C[C@@H]2O[C@]2(C)CCCC(C)[C@H](O)C(C)C(=O)C(C)(C)C(O)CC(=O)O1.C/C=C(\C)[C@@H]1C[C@@H]2O[C@]2(C)CCCC(C)[C@H](O)C(C)C(=O)C(C)(C)C(O)CC(=O)O1.Cc1ccc(I)nc1.[2HH].[B]. The molecule has 2 aromatic heterocycles. The van der Waals surface area contributed by atoms with Gasteiger partial charge in [0.25, 0.3) is 0 Å². The zero-order valence-electron chi connectivity index (χ0n) is 47.5. The number of carbonyl (C=O) groups excluding carboxylic acids is 4. The highest BCUT2D eigenvalue weighted by Crippen LogP contribution is 2.46. The number of halogens is 1. The summed E-state index contributed by atoms with van der Waals surface area (Å²) in [6.45, 7) is 27.7. The second-order valence-electron chi connectivity index (χ2n) is 23.5. The van der Waals surface area contributed by atoms with Gasteiger partial charge in [0.2, 0.25) is 0 Å². The van der Waals surface area contributed by atoms with E-state index in [4.69, 9.17) is 18.9 Å². The van der Waals surface area contributed by atoms with Gasteiger partial charge in [-0.05, 0) is 149 Å². The van der Waals surface area contributed by atoms with Crippen molar-refractivity contribution in [2.75, 3.05) is 0 Å². The number of hydrogen-bond donors (Lipinski definition) is 4. The summed E-state index contributed by atoms with van der Waals surface area (Å²) in [7, 11) is 0. The number of fused-ring (bicyclic) bond motifs is 2. The molecule has 0 spiro atoms. The molecule has 4 fully saturated rings. The second kappa shape index (κ2) is 29.2. The molecule has 2 aromatic rings. The van der Waals surface area contributed by atoms with E-state index in [0.29, 0.717) is 12.8 Å². The number of pyridine rings is 2. The second-order valence-corrected chi connectivity index (χ2v) is 24.6. The number of nitrogens with zero attached hydrogens (tertiary/aromatic N) is 2. The third-order valence-corrected chi connectivity index (χ3v) is 17.1. The first-order valence-electron chi connectivity index (χ1n) is 26.7. The molecule has 76 heavy (non-hydrogen) atoms. The molecule has 4 N–H and O–H groups in total. The van der Waals surface area contributed by atoms with Gasteiger partial charge >= 0.3 is 11.9 Å². The first-order chi connectivity index (χ1) is 34.4. The maximum Gasteiger partial charge on any atom is 0.309 e. The summed E-state index contributed by atoms with van der Waals surface area (Å²) in [6, 6.07) is 7.94. The Morgan fingerprint density at radius 3 is 1.41 bits per heavy atom. The van der Waals surface area contributed by atoms with Crippen LogP contribution in [0.25, 0.3) is 6.08 Å². The van der Waals surface area contributed by atoms with Crippen LogP contribution < -0.4 is 0 Å². The molecule has 16 heteroatoms. The molecule has 6 heterocycles. The van der Waals surface area contributed by atoms with Crippen molar-refractivity contribution in [1.82, 2.24) is 9.97 Å². The topological polar surface area (TPSA) is 218 Å². The Kier molecular flexibility index (Phi) is 26.4. The number of aromatic nitrogens is 2. The molecular weight excluding hydrogens is 1080 g/mol. The third-order valence-electron chi connectivity index (χ3n) is 16.5. The Morgan fingerprint density at radius 1 is 0.658 bits per heavy atom. The van der Waals surface area contributed by atoms with Gasteiger partial charge in [0.15, 0.2) is 0 Å². The van der Waals surface area contributed by atoms with Gasteiger partial charge in [-0.1, -0.05) is 93.9 Å². The van der Waals surface area contributed by atoms with Crippen LogP contribution in [0, 0.1) is 52.0 Å². The lowest BCUT2D eigenvalue weighted by Gasteiger charge is -2.34. The van der Waals surface area contributed by atoms with E-state index >= 15 is 0 Å². The van der Waals surface area contributed by atoms with Crippen LogP contribution in [0.15, 0.2) is 53.9 Å². The van der Waals surface area contributed by atoms with Crippen LogP contribution in [0.5, 0.6) is 0 Å². The Labute approximate surface area is 472 Å². The first kappa shape index (κ1) is 68.7. The molecule has 4 aliphatic rings. The summed E-state index contributed by atoms with van der Waals surface area (Å²) in [4.78, 5) is 60.4. The molecule has 6 rings (SSSR count). The molecule has 6 unspecified atom stereocenters. The van der Waals surface area contributed by atoms with Crippen molar-refractivity contribution >= 4 is 60.6 Å². The lowest BCUT2D eigenvalue weighted by Crippen LogP contribution is -2.45. The van der Waals surface area contributed by atoms with Gasteiger partial charge in [-0.2, -0.15) is 0 Å². The van der Waals surface area contributed by atoms with E-state index in [1.54, 1.807) is 47.7 Å². The van der Waals surface area contributed by atoms with Crippen LogP contribution in [0.3, 0.4) is 0 Å². The molecule has 0 aliphatic carbocycles. The van der Waals surface area contributed by atoms with Crippen LogP contribution in [-0.4, -0.2) is 122 Å². The summed E-state index contributed by atoms with van der Waals surface area (Å²) in [5, 5.41) is 43.2. The molecule has 0 aromatic carbocycles. The monoisotopic (exact) mass is 1170 g/mol. The van der Waals surface area contributed by atoms with Gasteiger partial charge < -0.3 is 39.4 Å². The average Bonchev–Trinajstić information content (AvgIpc) is 4.21. The quantitative estimate of drug-likeness (QED) is 0.0561. The van der Waals surface area contributed by atoms with Crippen molar-refractivity contribution < 1.29 is 60.0 Å². The van der Waals surface area contributed by atoms with E-state index in [1.165, 1.54) is 5.56 Å². The zero-order chi connectivity index (χ0) is 55.7. The molecular formula is C60H95BIN2O12. The van der Waals surface area contributed by atoms with Crippen LogP contribution in [0.1, 0.15) is 180 Å². The molecule has 0 amide bonds. The molecule has 3 radical (unpaired) electrons. The number of Topliss-reactive ketones (excluding diaryl/α,β-unsaturated/α-hetero) is 2. The van der Waals surface area contributed by atoms with E-state index < -0.39 is 71.2 Å². The lowest BCUT2D eigenvalue weighted by molar-refractivity contribution is -0.156. The summed E-state index contributed by atoms with van der Waals surface area (Å²) >= 11 is 2.19. The van der Waals surface area contributed by atoms with Crippen LogP contribution in [0.4, 0.5) is 0 Å².